The molecule has 0 spiro atoms. The number of rotatable bonds is 4. The Labute approximate surface area is 124 Å². The number of nitrogens with two attached hydrogens (primary N) is 1. The van der Waals surface area contributed by atoms with E-state index >= 15 is 0 Å². The Morgan fingerprint density at radius 1 is 1.30 bits per heavy atom. The van der Waals surface area contributed by atoms with Crippen molar-refractivity contribution < 1.29 is 13.9 Å². The highest BCUT2D eigenvalue weighted by Gasteiger charge is 2.14. The third-order valence-electron chi connectivity index (χ3n) is 2.92. The molecule has 2 aromatic carbocycles. The molecule has 0 aliphatic rings. The van der Waals surface area contributed by atoms with Gasteiger partial charge in [-0.2, -0.15) is 0 Å². The van der Waals surface area contributed by atoms with Crippen molar-refractivity contribution in [3.63, 3.8) is 0 Å². The fraction of sp³-hybridized carbons (Fsp3) is 0.133. The first-order valence-corrected chi connectivity index (χ1v) is 6.71. The Kier molecular flexibility index (Phi) is 4.39. The van der Waals surface area contributed by atoms with Crippen molar-refractivity contribution >= 4 is 27.4 Å². The van der Waals surface area contributed by atoms with Crippen molar-refractivity contribution in [3.05, 3.63) is 57.8 Å². The minimum Gasteiger partial charge on any atom is -0.497 e. The van der Waals surface area contributed by atoms with Gasteiger partial charge in [0, 0.05) is 22.1 Å². The molecule has 104 valence electrons. The van der Waals surface area contributed by atoms with Gasteiger partial charge in [0.2, 0.25) is 0 Å². The lowest BCUT2D eigenvalue weighted by Gasteiger charge is -2.08. The number of carbonyl (C=O) groups is 1. The summed E-state index contributed by atoms with van der Waals surface area (Å²) < 4.78 is 19.1. The van der Waals surface area contributed by atoms with E-state index in [0.717, 1.165) is 16.1 Å². The Morgan fingerprint density at radius 3 is 2.75 bits per heavy atom. The van der Waals surface area contributed by atoms with E-state index in [1.807, 2.05) is 0 Å². The van der Waals surface area contributed by atoms with Crippen LogP contribution in [0.25, 0.3) is 0 Å². The van der Waals surface area contributed by atoms with Gasteiger partial charge in [-0.25, -0.2) is 4.39 Å². The molecular formula is C15H13BrFNO2. The predicted molar refractivity (Wildman–Crippen MR) is 79.5 cm³/mol. The van der Waals surface area contributed by atoms with Gasteiger partial charge in [-0.15, -0.1) is 0 Å². The van der Waals surface area contributed by atoms with E-state index in [4.69, 9.17) is 10.5 Å². The van der Waals surface area contributed by atoms with E-state index < -0.39 is 5.82 Å². The zero-order valence-corrected chi connectivity index (χ0v) is 12.4. The summed E-state index contributed by atoms with van der Waals surface area (Å²) in [5.41, 5.74) is 6.94. The molecular weight excluding hydrogens is 325 g/mol. The number of halogens is 2. The first-order valence-electron chi connectivity index (χ1n) is 5.92. The average molecular weight is 338 g/mol. The van der Waals surface area contributed by atoms with Crippen LogP contribution in [0.5, 0.6) is 5.75 Å². The number of carbonyl (C=O) groups excluding carboxylic acids is 1. The van der Waals surface area contributed by atoms with Crippen molar-refractivity contribution in [2.75, 3.05) is 12.8 Å². The minimum atomic E-state index is -0.479. The Morgan fingerprint density at radius 2 is 2.05 bits per heavy atom. The molecule has 0 atom stereocenters. The van der Waals surface area contributed by atoms with E-state index in [1.54, 1.807) is 25.3 Å². The summed E-state index contributed by atoms with van der Waals surface area (Å²) in [5, 5.41) is 0. The van der Waals surface area contributed by atoms with Gasteiger partial charge in [0.05, 0.1) is 7.11 Å². The number of anilines is 1. The van der Waals surface area contributed by atoms with Crippen LogP contribution >= 0.6 is 15.9 Å². The average Bonchev–Trinajstić information content (AvgIpc) is 2.43. The van der Waals surface area contributed by atoms with Crippen molar-refractivity contribution in [3.8, 4) is 5.75 Å². The maximum atomic E-state index is 13.2. The topological polar surface area (TPSA) is 52.3 Å². The molecule has 2 aromatic rings. The first kappa shape index (κ1) is 14.5. The lowest BCUT2D eigenvalue weighted by atomic mass is 10.0. The Balaban J connectivity index is 2.30. The summed E-state index contributed by atoms with van der Waals surface area (Å²) in [6.07, 6.45) is 0.117. The molecule has 2 N–H and O–H groups in total. The number of Topliss-reactive ketones (excluding diaryl/α,β-unsaturated/α-hetero) is 1. The van der Waals surface area contributed by atoms with Gasteiger partial charge in [-0.05, 0) is 42.0 Å². The van der Waals surface area contributed by atoms with Crippen LogP contribution in [0, 0.1) is 5.82 Å². The zero-order valence-electron chi connectivity index (χ0n) is 10.8. The van der Waals surface area contributed by atoms with Crippen molar-refractivity contribution in [1.29, 1.82) is 0 Å². The second kappa shape index (κ2) is 6.05. The summed E-state index contributed by atoms with van der Waals surface area (Å²) in [5.74, 6) is -0.0635. The Hall–Kier alpha value is -1.88. The number of benzene rings is 2. The van der Waals surface area contributed by atoms with Crippen molar-refractivity contribution in [1.82, 2.24) is 0 Å². The highest BCUT2D eigenvalue weighted by atomic mass is 79.9. The minimum absolute atomic E-state index is 0.117. The molecule has 20 heavy (non-hydrogen) atoms. The quantitative estimate of drug-likeness (QED) is 0.685. The molecule has 3 nitrogen and oxygen atoms in total. The molecule has 0 saturated heterocycles. The van der Waals surface area contributed by atoms with E-state index in [9.17, 15) is 9.18 Å². The monoisotopic (exact) mass is 337 g/mol. The predicted octanol–water partition coefficient (Wildman–Crippen LogP) is 3.60. The van der Waals surface area contributed by atoms with Gasteiger partial charge in [0.1, 0.15) is 11.6 Å². The van der Waals surface area contributed by atoms with Gasteiger partial charge in [-0.1, -0.05) is 15.9 Å². The van der Waals surface area contributed by atoms with Crippen LogP contribution in [0.3, 0.4) is 0 Å². The largest absolute Gasteiger partial charge is 0.497 e. The normalized spacial score (nSPS) is 10.3. The Bertz CT molecular complexity index is 658. The number of ether oxygens (including phenoxy) is 1. The van der Waals surface area contributed by atoms with Crippen LogP contribution in [0.15, 0.2) is 40.9 Å². The van der Waals surface area contributed by atoms with E-state index in [0.29, 0.717) is 5.75 Å². The second-order valence-corrected chi connectivity index (χ2v) is 5.14. The number of nitrogen functional groups attached to an aromatic ring is 1. The zero-order chi connectivity index (χ0) is 14.7. The molecule has 0 saturated carbocycles. The standard InChI is InChI=1S/C15H13BrFNO2/c1-20-11-3-4-13(16)9(6-11)7-15(19)12-8-10(17)2-5-14(12)18/h2-6,8H,7,18H2,1H3. The van der Waals surface area contributed by atoms with Crippen LogP contribution in [-0.4, -0.2) is 12.9 Å². The molecule has 0 aliphatic carbocycles. The van der Waals surface area contributed by atoms with Crippen LogP contribution in [-0.2, 0) is 6.42 Å². The SMILES string of the molecule is COc1ccc(Br)c(CC(=O)c2cc(F)ccc2N)c1. The molecule has 0 heterocycles. The molecule has 0 amide bonds. The number of hydrogen-bond acceptors (Lipinski definition) is 3. The molecule has 2 rings (SSSR count). The third-order valence-corrected chi connectivity index (χ3v) is 3.69. The summed E-state index contributed by atoms with van der Waals surface area (Å²) in [6.45, 7) is 0. The second-order valence-electron chi connectivity index (χ2n) is 4.29. The van der Waals surface area contributed by atoms with Gasteiger partial charge in [0.15, 0.2) is 5.78 Å². The molecule has 0 fully saturated rings. The maximum Gasteiger partial charge on any atom is 0.169 e. The third kappa shape index (κ3) is 3.17. The number of methoxy groups -OCH3 is 1. The van der Waals surface area contributed by atoms with Gasteiger partial charge < -0.3 is 10.5 Å². The van der Waals surface area contributed by atoms with E-state index in [1.165, 1.54) is 12.1 Å². The van der Waals surface area contributed by atoms with Gasteiger partial charge >= 0.3 is 0 Å². The van der Waals surface area contributed by atoms with E-state index in [2.05, 4.69) is 15.9 Å². The maximum absolute atomic E-state index is 13.2. The molecule has 0 bridgehead atoms. The van der Waals surface area contributed by atoms with Crippen molar-refractivity contribution in [2.24, 2.45) is 0 Å². The van der Waals surface area contributed by atoms with Gasteiger partial charge in [-0.3, -0.25) is 4.79 Å². The highest BCUT2D eigenvalue weighted by molar-refractivity contribution is 9.10. The molecule has 0 unspecified atom stereocenters. The highest BCUT2D eigenvalue weighted by Crippen LogP contribution is 2.25. The molecule has 0 aliphatic heterocycles. The molecule has 0 radical (unpaired) electrons. The van der Waals surface area contributed by atoms with Crippen LogP contribution in [0.4, 0.5) is 10.1 Å². The summed E-state index contributed by atoms with van der Waals surface area (Å²) >= 11 is 3.38. The van der Waals surface area contributed by atoms with Crippen LogP contribution in [0.2, 0.25) is 0 Å². The van der Waals surface area contributed by atoms with Crippen LogP contribution < -0.4 is 10.5 Å². The fourth-order valence-electron chi connectivity index (χ4n) is 1.85. The summed E-state index contributed by atoms with van der Waals surface area (Å²) in [4.78, 5) is 12.2. The number of hydrogen-bond donors (Lipinski definition) is 1. The van der Waals surface area contributed by atoms with Crippen molar-refractivity contribution in [2.45, 2.75) is 6.42 Å². The lowest BCUT2D eigenvalue weighted by Crippen LogP contribution is -2.08. The van der Waals surface area contributed by atoms with Crippen LogP contribution in [0.1, 0.15) is 15.9 Å². The first-order chi connectivity index (χ1) is 9.51. The molecule has 5 heteroatoms. The smallest absolute Gasteiger partial charge is 0.169 e. The summed E-state index contributed by atoms with van der Waals surface area (Å²) in [7, 11) is 1.55. The lowest BCUT2D eigenvalue weighted by molar-refractivity contribution is 0.0993. The number of ketones is 1. The molecule has 0 aromatic heterocycles. The fourth-order valence-corrected chi connectivity index (χ4v) is 2.24. The van der Waals surface area contributed by atoms with Gasteiger partial charge in [0.25, 0.3) is 0 Å². The summed E-state index contributed by atoms with van der Waals surface area (Å²) in [6, 6.07) is 9.13. The van der Waals surface area contributed by atoms with E-state index in [-0.39, 0.29) is 23.5 Å².